The maximum Gasteiger partial charge on any atom is 0.263 e. The third-order valence-corrected chi connectivity index (χ3v) is 4.32. The molecular weight excluding hydrogens is 290 g/mol. The van der Waals surface area contributed by atoms with Gasteiger partial charge in [0.15, 0.2) is 0 Å². The monoisotopic (exact) mass is 307 g/mol. The molecule has 5 N–H and O–H groups in total. The molecule has 2 amide bonds. The molecule has 0 saturated heterocycles. The maximum absolute atomic E-state index is 12.1. The normalized spacial score (nSPS) is 10.8. The lowest BCUT2D eigenvalue weighted by atomic mass is 10.1. The first-order valence-corrected chi connectivity index (χ1v) is 7.31. The number of rotatable bonds is 5. The minimum atomic E-state index is -0.382. The lowest BCUT2D eigenvalue weighted by Gasteiger charge is -2.03. The van der Waals surface area contributed by atoms with Crippen molar-refractivity contribution in [3.63, 3.8) is 0 Å². The van der Waals surface area contributed by atoms with Gasteiger partial charge in [-0.1, -0.05) is 0 Å². The number of hydrogen-bond donors (Lipinski definition) is 3. The fourth-order valence-electron chi connectivity index (χ4n) is 1.95. The SMILES string of the molecule is Cc1nnc2sc(C(=O)NCCCC(N)=O)c(N)c2c1C. The van der Waals surface area contributed by atoms with E-state index in [1.54, 1.807) is 0 Å². The number of anilines is 1. The van der Waals surface area contributed by atoms with Crippen molar-refractivity contribution < 1.29 is 9.59 Å². The van der Waals surface area contributed by atoms with Crippen LogP contribution in [0.4, 0.5) is 5.69 Å². The largest absolute Gasteiger partial charge is 0.397 e. The Kier molecular flexibility index (Phi) is 4.37. The average Bonchev–Trinajstić information content (AvgIpc) is 2.76. The van der Waals surface area contributed by atoms with E-state index in [1.807, 2.05) is 13.8 Å². The minimum absolute atomic E-state index is 0.242. The number of nitrogens with zero attached hydrogens (tertiary/aromatic N) is 2. The number of primary amides is 1. The van der Waals surface area contributed by atoms with Crippen LogP contribution in [0.2, 0.25) is 0 Å². The Morgan fingerprint density at radius 1 is 1.29 bits per heavy atom. The van der Waals surface area contributed by atoms with E-state index in [0.29, 0.717) is 28.4 Å². The van der Waals surface area contributed by atoms with Crippen molar-refractivity contribution in [2.75, 3.05) is 12.3 Å². The third kappa shape index (κ3) is 3.10. The molecule has 2 aromatic heterocycles. The molecule has 0 radical (unpaired) electrons. The standard InChI is InChI=1S/C13H17N5O2S/c1-6-7(2)17-18-13-9(6)10(15)11(21-13)12(20)16-5-3-4-8(14)19/h3-5,15H2,1-2H3,(H2,14,19)(H,16,20). The van der Waals surface area contributed by atoms with Crippen LogP contribution in [0.25, 0.3) is 10.2 Å². The second-order valence-electron chi connectivity index (χ2n) is 4.76. The summed E-state index contributed by atoms with van der Waals surface area (Å²) in [5, 5.41) is 11.6. The van der Waals surface area contributed by atoms with Gasteiger partial charge in [0, 0.05) is 18.4 Å². The molecule has 2 rings (SSSR count). The van der Waals surface area contributed by atoms with Crippen molar-refractivity contribution in [3.05, 3.63) is 16.1 Å². The van der Waals surface area contributed by atoms with Gasteiger partial charge in [0.2, 0.25) is 5.91 Å². The molecule has 0 aliphatic heterocycles. The first-order valence-electron chi connectivity index (χ1n) is 6.50. The van der Waals surface area contributed by atoms with Crippen LogP contribution in [0.3, 0.4) is 0 Å². The molecule has 0 aliphatic carbocycles. The van der Waals surface area contributed by atoms with Gasteiger partial charge < -0.3 is 16.8 Å². The number of aryl methyl sites for hydroxylation is 2. The van der Waals surface area contributed by atoms with Gasteiger partial charge in [0.25, 0.3) is 5.91 Å². The van der Waals surface area contributed by atoms with E-state index in [0.717, 1.165) is 16.6 Å². The molecule has 0 spiro atoms. The number of nitrogens with one attached hydrogen (secondary N) is 1. The molecule has 8 heteroatoms. The molecule has 0 unspecified atom stereocenters. The lowest BCUT2D eigenvalue weighted by molar-refractivity contribution is -0.118. The van der Waals surface area contributed by atoms with Crippen LogP contribution in [0, 0.1) is 13.8 Å². The van der Waals surface area contributed by atoms with Crippen molar-refractivity contribution in [2.24, 2.45) is 5.73 Å². The summed E-state index contributed by atoms with van der Waals surface area (Å²) in [6.07, 6.45) is 0.746. The highest BCUT2D eigenvalue weighted by Gasteiger charge is 2.19. The fraction of sp³-hybridized carbons (Fsp3) is 0.385. The summed E-state index contributed by atoms with van der Waals surface area (Å²) in [5.74, 6) is -0.649. The quantitative estimate of drug-likeness (QED) is 0.707. The Morgan fingerprint density at radius 2 is 2.00 bits per heavy atom. The van der Waals surface area contributed by atoms with Gasteiger partial charge in [-0.3, -0.25) is 9.59 Å². The van der Waals surface area contributed by atoms with Gasteiger partial charge in [0.05, 0.1) is 11.4 Å². The Morgan fingerprint density at radius 3 is 2.67 bits per heavy atom. The molecule has 0 aromatic carbocycles. The van der Waals surface area contributed by atoms with Crippen LogP contribution in [-0.2, 0) is 4.79 Å². The maximum atomic E-state index is 12.1. The molecule has 0 bridgehead atoms. The van der Waals surface area contributed by atoms with Crippen LogP contribution < -0.4 is 16.8 Å². The van der Waals surface area contributed by atoms with E-state index >= 15 is 0 Å². The molecule has 0 saturated carbocycles. The summed E-state index contributed by atoms with van der Waals surface area (Å²) in [4.78, 5) is 23.8. The number of aromatic nitrogens is 2. The van der Waals surface area contributed by atoms with Crippen LogP contribution in [0.1, 0.15) is 33.8 Å². The van der Waals surface area contributed by atoms with Crippen molar-refractivity contribution in [2.45, 2.75) is 26.7 Å². The Balaban J connectivity index is 2.18. The lowest BCUT2D eigenvalue weighted by Crippen LogP contribution is -2.25. The van der Waals surface area contributed by atoms with E-state index in [1.165, 1.54) is 11.3 Å². The number of carbonyl (C=O) groups excluding carboxylic acids is 2. The van der Waals surface area contributed by atoms with Crippen molar-refractivity contribution in [1.29, 1.82) is 0 Å². The Hall–Kier alpha value is -2.22. The van der Waals surface area contributed by atoms with Crippen LogP contribution >= 0.6 is 11.3 Å². The van der Waals surface area contributed by atoms with Gasteiger partial charge >= 0.3 is 0 Å². The van der Waals surface area contributed by atoms with E-state index in [4.69, 9.17) is 11.5 Å². The molecule has 7 nitrogen and oxygen atoms in total. The first-order chi connectivity index (χ1) is 9.91. The molecule has 2 heterocycles. The van der Waals surface area contributed by atoms with Crippen molar-refractivity contribution >= 4 is 39.1 Å². The molecule has 0 aliphatic rings. The van der Waals surface area contributed by atoms with E-state index in [-0.39, 0.29) is 18.2 Å². The average molecular weight is 307 g/mol. The van der Waals surface area contributed by atoms with Crippen LogP contribution in [-0.4, -0.2) is 28.6 Å². The van der Waals surface area contributed by atoms with Gasteiger partial charge in [-0.05, 0) is 25.8 Å². The van der Waals surface area contributed by atoms with Gasteiger partial charge in [-0.25, -0.2) is 0 Å². The summed E-state index contributed by atoms with van der Waals surface area (Å²) in [5.41, 5.74) is 13.3. The predicted molar refractivity (Wildman–Crippen MR) is 82.1 cm³/mol. The second kappa shape index (κ2) is 6.04. The highest BCUT2D eigenvalue weighted by Crippen LogP contribution is 2.34. The third-order valence-electron chi connectivity index (χ3n) is 3.23. The molecule has 0 atom stereocenters. The van der Waals surface area contributed by atoms with E-state index < -0.39 is 0 Å². The van der Waals surface area contributed by atoms with E-state index in [9.17, 15) is 9.59 Å². The molecule has 0 fully saturated rings. The molecule has 2 aromatic rings. The highest BCUT2D eigenvalue weighted by atomic mass is 32.1. The van der Waals surface area contributed by atoms with Gasteiger partial charge in [-0.2, -0.15) is 5.10 Å². The second-order valence-corrected chi connectivity index (χ2v) is 5.76. The summed E-state index contributed by atoms with van der Waals surface area (Å²) < 4.78 is 0. The number of carbonyl (C=O) groups is 2. The van der Waals surface area contributed by atoms with Gasteiger partial charge in [-0.15, -0.1) is 16.4 Å². The number of nitrogen functional groups attached to an aromatic ring is 1. The number of nitrogens with two attached hydrogens (primary N) is 2. The van der Waals surface area contributed by atoms with Crippen LogP contribution in [0.15, 0.2) is 0 Å². The molecular formula is C13H17N5O2S. The van der Waals surface area contributed by atoms with Crippen molar-refractivity contribution in [3.8, 4) is 0 Å². The number of hydrogen-bond acceptors (Lipinski definition) is 6. The van der Waals surface area contributed by atoms with E-state index in [2.05, 4.69) is 15.5 Å². The number of fused-ring (bicyclic) bond motifs is 1. The zero-order valence-corrected chi connectivity index (χ0v) is 12.7. The number of amides is 2. The Bertz CT molecular complexity index is 710. The zero-order chi connectivity index (χ0) is 15.6. The smallest absolute Gasteiger partial charge is 0.263 e. The zero-order valence-electron chi connectivity index (χ0n) is 11.9. The van der Waals surface area contributed by atoms with Crippen LogP contribution in [0.5, 0.6) is 0 Å². The predicted octanol–water partition coefficient (Wildman–Crippen LogP) is 0.886. The first kappa shape index (κ1) is 15.2. The summed E-state index contributed by atoms with van der Waals surface area (Å²) >= 11 is 1.22. The summed E-state index contributed by atoms with van der Waals surface area (Å²) in [6, 6.07) is 0. The molecule has 21 heavy (non-hydrogen) atoms. The topological polar surface area (TPSA) is 124 Å². The number of thiophene rings is 1. The molecule has 112 valence electrons. The minimum Gasteiger partial charge on any atom is -0.397 e. The summed E-state index contributed by atoms with van der Waals surface area (Å²) in [6.45, 7) is 4.13. The highest BCUT2D eigenvalue weighted by molar-refractivity contribution is 7.21. The fourth-order valence-corrected chi connectivity index (χ4v) is 2.97. The summed E-state index contributed by atoms with van der Waals surface area (Å²) in [7, 11) is 0. The van der Waals surface area contributed by atoms with Crippen molar-refractivity contribution in [1.82, 2.24) is 15.5 Å². The Labute approximate surface area is 125 Å². The van der Waals surface area contributed by atoms with Gasteiger partial charge in [0.1, 0.15) is 9.71 Å².